The summed E-state index contributed by atoms with van der Waals surface area (Å²) in [6.07, 6.45) is -0.0209. The van der Waals surface area contributed by atoms with Crippen LogP contribution in [0.2, 0.25) is 0 Å². The molecule has 2 nitrogen and oxygen atoms in total. The van der Waals surface area contributed by atoms with E-state index in [9.17, 15) is 5.11 Å². The third-order valence-corrected chi connectivity index (χ3v) is 4.08. The second-order valence-corrected chi connectivity index (χ2v) is 5.91. The van der Waals surface area contributed by atoms with Gasteiger partial charge < -0.3 is 9.84 Å². The lowest BCUT2D eigenvalue weighted by Gasteiger charge is -2.16. The average molecular weight is 335 g/mol. The molecule has 0 saturated heterocycles. The van der Waals surface area contributed by atoms with Gasteiger partial charge in [0.1, 0.15) is 5.75 Å². The first-order valence-corrected chi connectivity index (χ1v) is 7.38. The van der Waals surface area contributed by atoms with Crippen molar-refractivity contribution in [1.29, 1.82) is 0 Å². The van der Waals surface area contributed by atoms with Crippen molar-refractivity contribution in [3.63, 3.8) is 0 Å². The molecule has 0 fully saturated rings. The lowest BCUT2D eigenvalue weighted by molar-refractivity contribution is 0.176. The van der Waals surface area contributed by atoms with Gasteiger partial charge in [-0.05, 0) is 37.1 Å². The van der Waals surface area contributed by atoms with Crippen LogP contribution in [0.3, 0.4) is 0 Å². The van der Waals surface area contributed by atoms with Gasteiger partial charge in [0, 0.05) is 10.9 Å². The van der Waals surface area contributed by atoms with Gasteiger partial charge in [-0.2, -0.15) is 0 Å². The predicted molar refractivity (Wildman–Crippen MR) is 85.3 cm³/mol. The van der Waals surface area contributed by atoms with Crippen molar-refractivity contribution in [2.24, 2.45) is 0 Å². The molecule has 0 spiro atoms. The molecule has 20 heavy (non-hydrogen) atoms. The van der Waals surface area contributed by atoms with Crippen LogP contribution in [0.4, 0.5) is 0 Å². The second-order valence-electron chi connectivity index (χ2n) is 5.06. The first kappa shape index (κ1) is 15.1. The third kappa shape index (κ3) is 3.41. The number of rotatable bonds is 4. The highest BCUT2D eigenvalue weighted by Crippen LogP contribution is 2.30. The van der Waals surface area contributed by atoms with Crippen LogP contribution in [0, 0.1) is 13.8 Å². The molecule has 0 aliphatic heterocycles. The van der Waals surface area contributed by atoms with E-state index < -0.39 is 6.10 Å². The maximum absolute atomic E-state index is 10.5. The molecular formula is C17H19BrO2. The summed E-state index contributed by atoms with van der Waals surface area (Å²) in [5, 5.41) is 10.5. The summed E-state index contributed by atoms with van der Waals surface area (Å²) >= 11 is 3.50. The van der Waals surface area contributed by atoms with Crippen molar-refractivity contribution >= 4 is 15.9 Å². The van der Waals surface area contributed by atoms with E-state index in [1.807, 2.05) is 44.2 Å². The maximum atomic E-state index is 10.5. The molecule has 0 aliphatic carbocycles. The van der Waals surface area contributed by atoms with Crippen LogP contribution in [0.1, 0.15) is 28.4 Å². The number of methoxy groups -OCH3 is 1. The summed E-state index contributed by atoms with van der Waals surface area (Å²) in [5.41, 5.74) is 4.23. The van der Waals surface area contributed by atoms with Crippen LogP contribution in [0.25, 0.3) is 0 Å². The quantitative estimate of drug-likeness (QED) is 0.900. The molecule has 0 saturated carbocycles. The Bertz CT molecular complexity index is 608. The zero-order valence-corrected chi connectivity index (χ0v) is 13.6. The average Bonchev–Trinajstić information content (AvgIpc) is 2.41. The Morgan fingerprint density at radius 3 is 2.45 bits per heavy atom. The Morgan fingerprint density at radius 1 is 1.10 bits per heavy atom. The van der Waals surface area contributed by atoms with Gasteiger partial charge in [-0.25, -0.2) is 0 Å². The number of ether oxygens (including phenoxy) is 1. The molecule has 0 amide bonds. The normalized spacial score (nSPS) is 12.2. The molecule has 0 bridgehead atoms. The van der Waals surface area contributed by atoms with Crippen molar-refractivity contribution in [2.75, 3.05) is 7.11 Å². The minimum atomic E-state index is -0.556. The van der Waals surface area contributed by atoms with Crippen molar-refractivity contribution < 1.29 is 9.84 Å². The summed E-state index contributed by atoms with van der Waals surface area (Å²) in [6, 6.07) is 12.0. The van der Waals surface area contributed by atoms with E-state index in [2.05, 4.69) is 22.0 Å². The number of aliphatic hydroxyl groups excluding tert-OH is 1. The van der Waals surface area contributed by atoms with Crippen LogP contribution in [-0.4, -0.2) is 12.2 Å². The van der Waals surface area contributed by atoms with Crippen molar-refractivity contribution in [3.05, 3.63) is 63.1 Å². The highest BCUT2D eigenvalue weighted by Gasteiger charge is 2.15. The minimum Gasteiger partial charge on any atom is -0.496 e. The molecular weight excluding hydrogens is 316 g/mol. The molecule has 1 atom stereocenters. The standard InChI is InChI=1S/C17H19BrO2/c1-11-5-7-17(20-3)13(8-11)10-16(19)14-9-12(2)4-6-15(14)18/h4-9,16,19H,10H2,1-3H3. The van der Waals surface area contributed by atoms with Crippen LogP contribution in [0.5, 0.6) is 5.75 Å². The van der Waals surface area contributed by atoms with Crippen molar-refractivity contribution in [1.82, 2.24) is 0 Å². The highest BCUT2D eigenvalue weighted by molar-refractivity contribution is 9.10. The molecule has 1 N–H and O–H groups in total. The molecule has 0 radical (unpaired) electrons. The molecule has 0 aliphatic rings. The molecule has 2 aromatic rings. The lowest BCUT2D eigenvalue weighted by Crippen LogP contribution is -2.05. The monoisotopic (exact) mass is 334 g/mol. The van der Waals surface area contributed by atoms with E-state index in [1.54, 1.807) is 7.11 Å². The number of aryl methyl sites for hydroxylation is 2. The number of aliphatic hydroxyl groups is 1. The summed E-state index contributed by atoms with van der Waals surface area (Å²) in [7, 11) is 1.66. The predicted octanol–water partition coefficient (Wildman–Crippen LogP) is 4.35. The molecule has 0 heterocycles. The number of hydrogen-bond donors (Lipinski definition) is 1. The van der Waals surface area contributed by atoms with E-state index in [0.29, 0.717) is 6.42 Å². The lowest BCUT2D eigenvalue weighted by atomic mass is 9.98. The topological polar surface area (TPSA) is 29.5 Å². The van der Waals surface area contributed by atoms with Crippen LogP contribution in [-0.2, 0) is 6.42 Å². The fraction of sp³-hybridized carbons (Fsp3) is 0.294. The highest BCUT2D eigenvalue weighted by atomic mass is 79.9. The van der Waals surface area contributed by atoms with E-state index in [0.717, 1.165) is 32.5 Å². The maximum Gasteiger partial charge on any atom is 0.122 e. The second kappa shape index (κ2) is 6.42. The summed E-state index contributed by atoms with van der Waals surface area (Å²) in [4.78, 5) is 0. The Kier molecular flexibility index (Phi) is 4.84. The van der Waals surface area contributed by atoms with E-state index in [-0.39, 0.29) is 0 Å². The van der Waals surface area contributed by atoms with Crippen LogP contribution >= 0.6 is 15.9 Å². The number of halogens is 1. The van der Waals surface area contributed by atoms with E-state index in [4.69, 9.17) is 4.74 Å². The summed E-state index contributed by atoms with van der Waals surface area (Å²) < 4.78 is 6.30. The van der Waals surface area contributed by atoms with Crippen molar-refractivity contribution in [3.8, 4) is 5.75 Å². The Balaban J connectivity index is 2.29. The van der Waals surface area contributed by atoms with Crippen LogP contribution in [0.15, 0.2) is 40.9 Å². The van der Waals surface area contributed by atoms with Gasteiger partial charge in [-0.15, -0.1) is 0 Å². The van der Waals surface area contributed by atoms with Gasteiger partial charge in [-0.1, -0.05) is 51.3 Å². The van der Waals surface area contributed by atoms with Gasteiger partial charge in [-0.3, -0.25) is 0 Å². The SMILES string of the molecule is COc1ccc(C)cc1CC(O)c1cc(C)ccc1Br. The first-order valence-electron chi connectivity index (χ1n) is 6.59. The van der Waals surface area contributed by atoms with Gasteiger partial charge >= 0.3 is 0 Å². The Morgan fingerprint density at radius 2 is 1.75 bits per heavy atom. The van der Waals surface area contributed by atoms with Gasteiger partial charge in [0.05, 0.1) is 13.2 Å². The molecule has 0 aromatic heterocycles. The molecule has 2 rings (SSSR count). The third-order valence-electron chi connectivity index (χ3n) is 3.36. The number of hydrogen-bond acceptors (Lipinski definition) is 2. The van der Waals surface area contributed by atoms with Gasteiger partial charge in [0.25, 0.3) is 0 Å². The van der Waals surface area contributed by atoms with Gasteiger partial charge in [0.15, 0.2) is 0 Å². The Labute approximate surface area is 128 Å². The fourth-order valence-electron chi connectivity index (χ4n) is 2.30. The fourth-order valence-corrected chi connectivity index (χ4v) is 2.81. The smallest absolute Gasteiger partial charge is 0.122 e. The van der Waals surface area contributed by atoms with E-state index in [1.165, 1.54) is 0 Å². The zero-order valence-electron chi connectivity index (χ0n) is 12.0. The summed E-state index contributed by atoms with van der Waals surface area (Å²) in [5.74, 6) is 0.818. The molecule has 2 aromatic carbocycles. The molecule has 1 unspecified atom stereocenters. The van der Waals surface area contributed by atoms with Gasteiger partial charge in [0.2, 0.25) is 0 Å². The van der Waals surface area contributed by atoms with Crippen LogP contribution < -0.4 is 4.74 Å². The summed E-state index contributed by atoms with van der Waals surface area (Å²) in [6.45, 7) is 4.06. The molecule has 106 valence electrons. The van der Waals surface area contributed by atoms with E-state index >= 15 is 0 Å². The largest absolute Gasteiger partial charge is 0.496 e. The number of benzene rings is 2. The first-order chi connectivity index (χ1) is 9.51. The zero-order chi connectivity index (χ0) is 14.7. The Hall–Kier alpha value is -1.32. The molecule has 3 heteroatoms. The minimum absolute atomic E-state index is 0.535. The van der Waals surface area contributed by atoms with Crippen molar-refractivity contribution in [2.45, 2.75) is 26.4 Å².